The van der Waals surface area contributed by atoms with Gasteiger partial charge in [0.15, 0.2) is 17.5 Å². The number of fused-ring (bicyclic) bond motifs is 4. The summed E-state index contributed by atoms with van der Waals surface area (Å²) in [6.45, 7) is 0. The van der Waals surface area contributed by atoms with Crippen molar-refractivity contribution in [3.05, 3.63) is 164 Å². The minimum atomic E-state index is 0.613. The first kappa shape index (κ1) is 30.8. The molecule has 248 valence electrons. The summed E-state index contributed by atoms with van der Waals surface area (Å²) in [7, 11) is 0. The van der Waals surface area contributed by atoms with Gasteiger partial charge >= 0.3 is 0 Å². The Morgan fingerprint density at radius 1 is 0.377 bits per heavy atom. The van der Waals surface area contributed by atoms with Gasteiger partial charge in [0.2, 0.25) is 0 Å². The van der Waals surface area contributed by atoms with Crippen LogP contribution in [0, 0.1) is 0 Å². The quantitative estimate of drug-likeness (QED) is 0.171. The summed E-state index contributed by atoms with van der Waals surface area (Å²) < 4.78 is 0.972. The number of hydrogen-bond donors (Lipinski definition) is 0. The molecule has 7 nitrogen and oxygen atoms in total. The van der Waals surface area contributed by atoms with Gasteiger partial charge in [0.1, 0.15) is 16.0 Å². The molecule has 0 saturated carbocycles. The fourth-order valence-electron chi connectivity index (χ4n) is 6.67. The minimum Gasteiger partial charge on any atom is -0.237 e. The fraction of sp³-hybridized carbons (Fsp3) is 0. The second kappa shape index (κ2) is 12.9. The lowest BCUT2D eigenvalue weighted by Crippen LogP contribution is -2.00. The number of nitrogens with zero attached hydrogens (tertiary/aromatic N) is 7. The van der Waals surface area contributed by atoms with Crippen LogP contribution in [0.1, 0.15) is 0 Å². The summed E-state index contributed by atoms with van der Waals surface area (Å²) in [6, 6.07) is 55.8. The van der Waals surface area contributed by atoms with E-state index in [1.54, 1.807) is 11.3 Å². The zero-order valence-electron chi connectivity index (χ0n) is 28.1. The van der Waals surface area contributed by atoms with Crippen LogP contribution in [0.2, 0.25) is 0 Å². The van der Waals surface area contributed by atoms with Crippen LogP contribution >= 0.6 is 11.3 Å². The third-order valence-corrected chi connectivity index (χ3v) is 10.5. The van der Waals surface area contributed by atoms with Crippen molar-refractivity contribution in [2.45, 2.75) is 0 Å². The Hall–Kier alpha value is -7.03. The Morgan fingerprint density at radius 3 is 1.57 bits per heavy atom. The van der Waals surface area contributed by atoms with Crippen molar-refractivity contribution < 1.29 is 0 Å². The van der Waals surface area contributed by atoms with Crippen molar-refractivity contribution in [3.8, 4) is 67.7 Å². The van der Waals surface area contributed by atoms with Crippen molar-refractivity contribution in [2.24, 2.45) is 0 Å². The highest BCUT2D eigenvalue weighted by Gasteiger charge is 2.17. The molecule has 0 unspecified atom stereocenters. The van der Waals surface area contributed by atoms with Crippen molar-refractivity contribution in [1.82, 2.24) is 35.3 Å². The molecule has 0 amide bonds. The van der Waals surface area contributed by atoms with Gasteiger partial charge in [-0.3, -0.25) is 0 Å². The number of thiophene rings is 1. The normalized spacial score (nSPS) is 11.4. The zero-order valence-corrected chi connectivity index (χ0v) is 28.9. The van der Waals surface area contributed by atoms with Gasteiger partial charge in [-0.25, -0.2) is 19.9 Å². The van der Waals surface area contributed by atoms with E-state index in [0.717, 1.165) is 76.0 Å². The van der Waals surface area contributed by atoms with E-state index in [-0.39, 0.29) is 0 Å². The summed E-state index contributed by atoms with van der Waals surface area (Å²) in [6.07, 6.45) is 0. The van der Waals surface area contributed by atoms with Gasteiger partial charge in [-0.2, -0.15) is 0 Å². The first-order valence-electron chi connectivity index (χ1n) is 17.2. The Balaban J connectivity index is 1.00. The van der Waals surface area contributed by atoms with Crippen LogP contribution < -0.4 is 0 Å². The molecule has 0 bridgehead atoms. The number of aromatic nitrogens is 7. The molecule has 4 heterocycles. The molecule has 0 N–H and O–H groups in total. The number of para-hydroxylation sites is 1. The highest BCUT2D eigenvalue weighted by atomic mass is 32.1. The largest absolute Gasteiger partial charge is 0.237 e. The molecule has 0 aliphatic heterocycles. The van der Waals surface area contributed by atoms with E-state index in [1.165, 1.54) is 5.56 Å². The van der Waals surface area contributed by atoms with Crippen LogP contribution in [0.4, 0.5) is 0 Å². The molecule has 0 radical (unpaired) electrons. The summed E-state index contributed by atoms with van der Waals surface area (Å²) in [4.78, 5) is 20.7. The zero-order chi connectivity index (χ0) is 35.1. The molecule has 0 atom stereocenters. The van der Waals surface area contributed by atoms with E-state index in [9.17, 15) is 0 Å². The smallest absolute Gasteiger partial charge is 0.164 e. The molecule has 4 aromatic heterocycles. The highest BCUT2D eigenvalue weighted by Crippen LogP contribution is 2.38. The van der Waals surface area contributed by atoms with Crippen LogP contribution in [0.15, 0.2) is 164 Å². The number of rotatable bonds is 6. The first-order chi connectivity index (χ1) is 26.2. The topological polar surface area (TPSA) is 90.2 Å². The summed E-state index contributed by atoms with van der Waals surface area (Å²) in [5, 5.41) is 15.2. The highest BCUT2D eigenvalue weighted by molar-refractivity contribution is 7.25. The predicted octanol–water partition coefficient (Wildman–Crippen LogP) is 11.0. The summed E-state index contributed by atoms with van der Waals surface area (Å²) >= 11 is 1.60. The van der Waals surface area contributed by atoms with Gasteiger partial charge in [-0.1, -0.05) is 146 Å². The second-order valence-corrected chi connectivity index (χ2v) is 13.7. The van der Waals surface area contributed by atoms with Gasteiger partial charge in [0.05, 0.1) is 10.2 Å². The van der Waals surface area contributed by atoms with Crippen LogP contribution in [-0.2, 0) is 0 Å². The molecule has 0 saturated heterocycles. The van der Waals surface area contributed by atoms with Crippen LogP contribution in [0.25, 0.3) is 99.0 Å². The van der Waals surface area contributed by atoms with Crippen molar-refractivity contribution >= 4 is 42.7 Å². The van der Waals surface area contributed by atoms with Gasteiger partial charge in [-0.05, 0) is 45.7 Å². The Morgan fingerprint density at radius 2 is 0.887 bits per heavy atom. The van der Waals surface area contributed by atoms with Crippen LogP contribution in [-0.4, -0.2) is 35.3 Å². The number of benzene rings is 6. The van der Waals surface area contributed by atoms with E-state index in [0.29, 0.717) is 17.5 Å². The van der Waals surface area contributed by atoms with Crippen molar-refractivity contribution in [2.75, 3.05) is 0 Å². The average Bonchev–Trinajstić information content (AvgIpc) is 3.61. The maximum absolute atomic E-state index is 4.98. The van der Waals surface area contributed by atoms with E-state index >= 15 is 0 Å². The Bertz CT molecular complexity index is 2930. The maximum atomic E-state index is 4.98. The molecule has 10 rings (SSSR count). The monoisotopic (exact) mass is 697 g/mol. The first-order valence-corrected chi connectivity index (χ1v) is 18.1. The molecule has 0 fully saturated rings. The molecular formula is C45H27N7S. The van der Waals surface area contributed by atoms with E-state index < -0.39 is 0 Å². The molecule has 8 heteroatoms. The minimum absolute atomic E-state index is 0.613. The molecule has 10 aromatic rings. The van der Waals surface area contributed by atoms with Crippen LogP contribution in [0.5, 0.6) is 0 Å². The lowest BCUT2D eigenvalue weighted by atomic mass is 10.00. The molecule has 53 heavy (non-hydrogen) atoms. The third-order valence-electron chi connectivity index (χ3n) is 9.39. The Kier molecular flexibility index (Phi) is 7.51. The summed E-state index contributed by atoms with van der Waals surface area (Å²) in [5.74, 6) is 1.87. The van der Waals surface area contributed by atoms with Gasteiger partial charge < -0.3 is 0 Å². The molecular weight excluding hydrogens is 671 g/mol. The molecule has 6 aromatic carbocycles. The van der Waals surface area contributed by atoms with E-state index in [2.05, 4.69) is 112 Å². The van der Waals surface area contributed by atoms with Gasteiger partial charge in [0.25, 0.3) is 0 Å². The lowest BCUT2D eigenvalue weighted by molar-refractivity contribution is 0.904. The molecule has 0 aliphatic carbocycles. The predicted molar refractivity (Wildman–Crippen MR) is 214 cm³/mol. The summed E-state index contributed by atoms with van der Waals surface area (Å²) in [5.41, 5.74) is 10.7. The van der Waals surface area contributed by atoms with Crippen LogP contribution in [0.3, 0.4) is 0 Å². The third kappa shape index (κ3) is 5.77. The van der Waals surface area contributed by atoms with E-state index in [1.807, 2.05) is 66.7 Å². The lowest BCUT2D eigenvalue weighted by Gasteiger charge is -2.10. The van der Waals surface area contributed by atoms with Crippen molar-refractivity contribution in [1.29, 1.82) is 0 Å². The standard InChI is InChI=1S/C45H27N7S/c1-3-10-28(11-4-1)29-18-22-32(23-19-29)43-47-42(31-12-5-2-6-13-31)48-44(49-43)33-24-20-30(21-25-33)34-15-9-16-36(26-34)39-41-40(51-52-50-39)37-27-35-14-7-8-17-38(35)46-45(37)53-41/h1-27H. The van der Waals surface area contributed by atoms with Gasteiger partial charge in [-0.15, -0.1) is 21.5 Å². The average molecular weight is 698 g/mol. The number of pyridine rings is 1. The van der Waals surface area contributed by atoms with E-state index in [4.69, 9.17) is 19.9 Å². The Labute approximate surface area is 308 Å². The molecule has 0 spiro atoms. The van der Waals surface area contributed by atoms with Crippen molar-refractivity contribution in [3.63, 3.8) is 0 Å². The number of hydrogen-bond acceptors (Lipinski definition) is 8. The maximum Gasteiger partial charge on any atom is 0.164 e. The molecule has 0 aliphatic rings. The fourth-order valence-corrected chi connectivity index (χ4v) is 7.78. The van der Waals surface area contributed by atoms with Gasteiger partial charge in [0, 0.05) is 33.0 Å². The second-order valence-electron chi connectivity index (χ2n) is 12.7. The SMILES string of the molecule is c1ccc(-c2ccc(-c3nc(-c4ccccc4)nc(-c4ccc(-c5cccc(-c6nnnc7c6sc6nc8ccccc8cc67)c5)cc4)n3)cc2)cc1.